The zero-order valence-electron chi connectivity index (χ0n) is 15.7. The fraction of sp³-hybridized carbons (Fsp3) is 0.167. The molecule has 0 saturated carbocycles. The van der Waals surface area contributed by atoms with Crippen LogP contribution in [0.4, 0.5) is 0 Å². The Morgan fingerprint density at radius 1 is 0.654 bits per heavy atom. The Bertz CT molecular complexity index is 949. The van der Waals surface area contributed by atoms with Crippen molar-refractivity contribution in [3.8, 4) is 0 Å². The number of hydrogen-bond acceptors (Lipinski definition) is 0. The molecule has 2 aliphatic carbocycles. The molecule has 0 N–H and O–H groups in total. The molecule has 130 valence electrons. The van der Waals surface area contributed by atoms with Gasteiger partial charge in [-0.25, -0.2) is 0 Å². The molecule has 0 fully saturated rings. The van der Waals surface area contributed by atoms with Crippen LogP contribution in [-0.2, 0) is 17.4 Å². The van der Waals surface area contributed by atoms with Gasteiger partial charge in [-0.15, -0.1) is 0 Å². The van der Waals surface area contributed by atoms with Crippen molar-refractivity contribution < 1.29 is 17.4 Å². The molecule has 2 aromatic carbocycles. The van der Waals surface area contributed by atoms with Gasteiger partial charge < -0.3 is 0 Å². The first kappa shape index (κ1) is 17.9. The molecular formula is C24H26SiZr. The van der Waals surface area contributed by atoms with E-state index in [0.29, 0.717) is 0 Å². The van der Waals surface area contributed by atoms with Gasteiger partial charge in [-0.3, -0.25) is 0 Å². The molecule has 2 heteroatoms. The van der Waals surface area contributed by atoms with Gasteiger partial charge in [0.15, 0.2) is 0 Å². The Morgan fingerprint density at radius 3 is 1.42 bits per heavy atom. The fourth-order valence-electron chi connectivity index (χ4n) is 4.49. The molecule has 0 atom stereocenters. The van der Waals surface area contributed by atoms with Crippen LogP contribution in [0.1, 0.15) is 24.0 Å². The molecule has 4 rings (SSSR count). The molecular weight excluding hydrogens is 408 g/mol. The van der Waals surface area contributed by atoms with Gasteiger partial charge in [0, 0.05) is 0 Å². The van der Waals surface area contributed by atoms with Gasteiger partial charge in [0.05, 0.1) is 0 Å². The topological polar surface area (TPSA) is 0 Å². The minimum absolute atomic E-state index is 1.12. The maximum atomic E-state index is 2.64. The van der Waals surface area contributed by atoms with E-state index in [1.807, 2.05) is 0 Å². The fourth-order valence-corrected chi connectivity index (χ4v) is 18.5. The van der Waals surface area contributed by atoms with Crippen LogP contribution < -0.4 is 0 Å². The van der Waals surface area contributed by atoms with E-state index < -0.39 is 17.4 Å². The van der Waals surface area contributed by atoms with Crippen LogP contribution >= 0.6 is 0 Å². The van der Waals surface area contributed by atoms with Crippen molar-refractivity contribution in [1.29, 1.82) is 0 Å². The summed E-state index contributed by atoms with van der Waals surface area (Å²) < 4.78 is 8.75. The summed E-state index contributed by atoms with van der Waals surface area (Å²) in [5.74, 6) is 0. The van der Waals surface area contributed by atoms with Crippen molar-refractivity contribution in [2.45, 2.75) is 22.1 Å². The molecule has 2 aromatic rings. The SMILES string of the molecule is [CH3][Zr]([CH3])(=[SiH2])([C]1=C(c2ccccc2)C=CC1)[C]1=C(c2ccccc2)C=CC1. The van der Waals surface area contributed by atoms with Crippen molar-refractivity contribution in [2.24, 2.45) is 0 Å². The normalized spacial score (nSPS) is 17.5. The maximum absolute atomic E-state index is 3.23. The molecule has 0 unspecified atom stereocenters. The van der Waals surface area contributed by atoms with Crippen LogP contribution in [0.2, 0.25) is 9.26 Å². The Kier molecular flexibility index (Phi) is 4.53. The summed E-state index contributed by atoms with van der Waals surface area (Å²) in [6.07, 6.45) is 11.7. The molecule has 0 spiro atoms. The number of hydrogen-bond donors (Lipinski definition) is 0. The number of benzene rings is 2. The standard InChI is InChI=1S/2C11H9.2CH3.H2Si.Zr/c2*1-2-6-10(7-3-1)11-8-4-5-9-11;;;;/h2*1-4,6-8H,5H2;2*1H3;1H2;. The van der Waals surface area contributed by atoms with Crippen molar-refractivity contribution in [3.05, 3.63) is 103 Å². The Morgan fingerprint density at radius 2 is 1.04 bits per heavy atom. The summed E-state index contributed by atoms with van der Waals surface area (Å²) in [6, 6.07) is 21.9. The third kappa shape index (κ3) is 3.04. The van der Waals surface area contributed by atoms with Crippen molar-refractivity contribution >= 4 is 18.0 Å². The van der Waals surface area contributed by atoms with E-state index >= 15 is 0 Å². The van der Waals surface area contributed by atoms with Gasteiger partial charge in [0.1, 0.15) is 0 Å². The molecule has 0 radical (unpaired) electrons. The Balaban J connectivity index is 1.91. The molecule has 0 heterocycles. The van der Waals surface area contributed by atoms with Gasteiger partial charge in [-0.05, 0) is 0 Å². The predicted molar refractivity (Wildman–Crippen MR) is 115 cm³/mol. The summed E-state index contributed by atoms with van der Waals surface area (Å²) in [5.41, 5.74) is 5.73. The molecule has 0 saturated heterocycles. The second kappa shape index (κ2) is 6.59. The molecule has 0 aromatic heterocycles. The first-order valence-corrected chi connectivity index (χ1v) is 22.7. The third-order valence-corrected chi connectivity index (χ3v) is 22.9. The van der Waals surface area contributed by atoms with Gasteiger partial charge in [0.25, 0.3) is 0 Å². The summed E-state index contributed by atoms with van der Waals surface area (Å²) in [6.45, 7) is 2.36. The second-order valence-corrected chi connectivity index (χ2v) is 37.1. The van der Waals surface area contributed by atoms with Gasteiger partial charge in [-0.2, -0.15) is 0 Å². The molecule has 0 aliphatic heterocycles. The number of allylic oxidation sites excluding steroid dienone is 8. The summed E-state index contributed by atoms with van der Waals surface area (Å²) >= 11 is -3.23. The first-order chi connectivity index (χ1) is 12.5. The van der Waals surface area contributed by atoms with E-state index in [1.54, 1.807) is 6.56 Å². The second-order valence-electron chi connectivity index (χ2n) is 8.42. The summed E-state index contributed by atoms with van der Waals surface area (Å²) in [7, 11) is 0. The van der Waals surface area contributed by atoms with Crippen molar-refractivity contribution in [1.82, 2.24) is 0 Å². The van der Waals surface area contributed by atoms with E-state index in [4.69, 9.17) is 0 Å². The third-order valence-electron chi connectivity index (χ3n) is 5.97. The van der Waals surface area contributed by atoms with Gasteiger partial charge >= 0.3 is 160 Å². The van der Waals surface area contributed by atoms with Crippen LogP contribution in [0.3, 0.4) is 0 Å². The molecule has 26 heavy (non-hydrogen) atoms. The van der Waals surface area contributed by atoms with Crippen molar-refractivity contribution in [2.75, 3.05) is 0 Å². The quantitative estimate of drug-likeness (QED) is 0.514. The van der Waals surface area contributed by atoms with Gasteiger partial charge in [-0.1, -0.05) is 0 Å². The monoisotopic (exact) mass is 432 g/mol. The first-order valence-electron chi connectivity index (χ1n) is 9.44. The molecule has 0 amide bonds. The van der Waals surface area contributed by atoms with Crippen LogP contribution in [0, 0.1) is 0 Å². The predicted octanol–water partition coefficient (Wildman–Crippen LogP) is 6.06. The van der Waals surface area contributed by atoms with E-state index in [9.17, 15) is 0 Å². The summed E-state index contributed by atoms with van der Waals surface area (Å²) in [5, 5.41) is 0. The zero-order chi connectivity index (χ0) is 18.2. The van der Waals surface area contributed by atoms with E-state index in [2.05, 4.69) is 101 Å². The number of rotatable bonds is 4. The van der Waals surface area contributed by atoms with Crippen LogP contribution in [0.15, 0.2) is 91.5 Å². The van der Waals surface area contributed by atoms with Crippen LogP contribution in [0.5, 0.6) is 0 Å². The summed E-state index contributed by atoms with van der Waals surface area (Å²) in [4.78, 5) is 0. The Hall–Kier alpha value is -1.50. The van der Waals surface area contributed by atoms with Crippen LogP contribution in [-0.4, -0.2) is 6.88 Å². The average molecular weight is 434 g/mol. The minimum atomic E-state index is -3.23. The molecule has 0 bridgehead atoms. The van der Waals surface area contributed by atoms with E-state index in [-0.39, 0.29) is 0 Å². The van der Waals surface area contributed by atoms with Crippen molar-refractivity contribution in [3.63, 3.8) is 0 Å². The zero-order valence-corrected chi connectivity index (χ0v) is 19.6. The van der Waals surface area contributed by atoms with Gasteiger partial charge in [0.2, 0.25) is 0 Å². The van der Waals surface area contributed by atoms with E-state index in [1.165, 1.54) is 22.3 Å². The van der Waals surface area contributed by atoms with Crippen LogP contribution in [0.25, 0.3) is 11.1 Å². The van der Waals surface area contributed by atoms with E-state index in [0.717, 1.165) is 12.8 Å². The molecule has 0 nitrogen and oxygen atoms in total. The Labute approximate surface area is 159 Å². The average Bonchev–Trinajstić information content (AvgIpc) is 3.33. The molecule has 2 aliphatic rings.